The number of benzene rings is 2. The molecule has 2 unspecified atom stereocenters. The highest BCUT2D eigenvalue weighted by atomic mass is 16.7. The Kier molecular flexibility index (Phi) is 8.76. The molecule has 1 aliphatic carbocycles. The number of pyridine rings is 1. The number of rotatable bonds is 11. The van der Waals surface area contributed by atoms with E-state index in [2.05, 4.69) is 6.92 Å². The summed E-state index contributed by atoms with van der Waals surface area (Å²) in [5, 5.41) is 23.1. The predicted octanol–water partition coefficient (Wildman–Crippen LogP) is 5.28. The van der Waals surface area contributed by atoms with Crippen LogP contribution in [0.25, 0.3) is 0 Å². The molecule has 0 bridgehead atoms. The molecule has 0 radical (unpaired) electrons. The zero-order chi connectivity index (χ0) is 30.0. The monoisotopic (exact) mass is 575 g/mol. The highest BCUT2D eigenvalue weighted by Gasteiger charge is 2.59. The van der Waals surface area contributed by atoms with Gasteiger partial charge in [0.15, 0.2) is 11.5 Å². The molecule has 42 heavy (non-hydrogen) atoms. The summed E-state index contributed by atoms with van der Waals surface area (Å²) in [7, 11) is 1.59. The summed E-state index contributed by atoms with van der Waals surface area (Å²) in [6, 6.07) is 15.1. The van der Waals surface area contributed by atoms with Crippen LogP contribution in [-0.2, 0) is 28.0 Å². The van der Waals surface area contributed by atoms with Crippen LogP contribution < -0.4 is 14.2 Å². The molecular formula is C34H41NO7. The van der Waals surface area contributed by atoms with Gasteiger partial charge in [0.2, 0.25) is 6.79 Å². The van der Waals surface area contributed by atoms with Crippen LogP contribution in [0.4, 0.5) is 0 Å². The van der Waals surface area contributed by atoms with Gasteiger partial charge in [-0.25, -0.2) is 0 Å². The highest BCUT2D eigenvalue weighted by Crippen LogP contribution is 2.56. The second kappa shape index (κ2) is 12.3. The van der Waals surface area contributed by atoms with Crippen molar-refractivity contribution in [3.05, 3.63) is 82.2 Å². The smallest absolute Gasteiger partial charge is 0.313 e. The average molecular weight is 576 g/mol. The third-order valence-electron chi connectivity index (χ3n) is 8.21. The van der Waals surface area contributed by atoms with E-state index >= 15 is 0 Å². The number of methoxy groups -OCH3 is 1. The summed E-state index contributed by atoms with van der Waals surface area (Å²) in [6.07, 6.45) is 2.80. The number of esters is 1. The van der Waals surface area contributed by atoms with E-state index in [9.17, 15) is 15.0 Å². The highest BCUT2D eigenvalue weighted by molar-refractivity contribution is 5.80. The summed E-state index contributed by atoms with van der Waals surface area (Å²) in [5.74, 6) is -0.356. The Labute approximate surface area is 247 Å². The fourth-order valence-corrected chi connectivity index (χ4v) is 6.20. The van der Waals surface area contributed by atoms with E-state index in [-0.39, 0.29) is 25.4 Å². The first-order valence-corrected chi connectivity index (χ1v) is 14.8. The number of aliphatic hydroxyl groups is 2. The standard InChI is InChI=1S/C34H41NO7/c1-6-7-8-24-10-12-26-30(22-9-14-28-29(17-22)41-19-40-28)31(33(37)42-20(2)3)34(38,32(26)35-24)27-13-11-25(39-5)16-23(27)15-21(4)18-36/h9-14,16-17,20-21,30-31,36,38H,6-8,15,18-19H2,1-5H3/t21-,30?,31-,34?/m0/s1. The van der Waals surface area contributed by atoms with E-state index < -0.39 is 23.4 Å². The summed E-state index contributed by atoms with van der Waals surface area (Å²) < 4.78 is 22.6. The van der Waals surface area contributed by atoms with Gasteiger partial charge in [-0.15, -0.1) is 0 Å². The van der Waals surface area contributed by atoms with E-state index in [1.54, 1.807) is 27.0 Å². The minimum atomic E-state index is -1.82. The first-order valence-electron chi connectivity index (χ1n) is 14.8. The number of fused-ring (bicyclic) bond motifs is 2. The number of carbonyl (C=O) groups excluding carboxylic acids is 1. The van der Waals surface area contributed by atoms with E-state index in [1.807, 2.05) is 49.4 Å². The molecule has 0 saturated heterocycles. The van der Waals surface area contributed by atoms with Crippen LogP contribution in [0, 0.1) is 11.8 Å². The summed E-state index contributed by atoms with van der Waals surface area (Å²) in [4.78, 5) is 19.2. The zero-order valence-electron chi connectivity index (χ0n) is 25.1. The Morgan fingerprint density at radius 1 is 1.10 bits per heavy atom. The van der Waals surface area contributed by atoms with Crippen molar-refractivity contribution in [2.75, 3.05) is 20.5 Å². The number of carbonyl (C=O) groups is 1. The second-order valence-electron chi connectivity index (χ2n) is 11.7. The zero-order valence-corrected chi connectivity index (χ0v) is 25.1. The Bertz CT molecular complexity index is 1440. The third kappa shape index (κ3) is 5.45. The van der Waals surface area contributed by atoms with Crippen LogP contribution in [0.3, 0.4) is 0 Å². The lowest BCUT2D eigenvalue weighted by molar-refractivity contribution is -0.160. The van der Waals surface area contributed by atoms with Crippen molar-refractivity contribution in [2.24, 2.45) is 11.8 Å². The van der Waals surface area contributed by atoms with Gasteiger partial charge < -0.3 is 29.2 Å². The Hall–Kier alpha value is -3.62. The Morgan fingerprint density at radius 2 is 1.88 bits per heavy atom. The first-order chi connectivity index (χ1) is 20.2. The van der Waals surface area contributed by atoms with Gasteiger partial charge in [0.1, 0.15) is 17.3 Å². The predicted molar refractivity (Wildman–Crippen MR) is 158 cm³/mol. The van der Waals surface area contributed by atoms with Crippen molar-refractivity contribution in [3.8, 4) is 17.2 Å². The molecule has 2 heterocycles. The number of hydrogen-bond acceptors (Lipinski definition) is 8. The first kappa shape index (κ1) is 29.9. The Balaban J connectivity index is 1.78. The Morgan fingerprint density at radius 3 is 2.60 bits per heavy atom. The molecule has 2 aromatic carbocycles. The van der Waals surface area contributed by atoms with E-state index in [0.717, 1.165) is 41.6 Å². The molecule has 1 aromatic heterocycles. The number of hydrogen-bond donors (Lipinski definition) is 2. The van der Waals surface area contributed by atoms with E-state index in [0.29, 0.717) is 34.9 Å². The minimum absolute atomic E-state index is 0.0241. The largest absolute Gasteiger partial charge is 0.497 e. The molecule has 2 aliphatic rings. The van der Waals surface area contributed by atoms with Crippen molar-refractivity contribution in [3.63, 3.8) is 0 Å². The molecule has 0 spiro atoms. The number of unbranched alkanes of at least 4 members (excludes halogenated alkanes) is 1. The molecule has 1 aliphatic heterocycles. The number of aryl methyl sites for hydroxylation is 1. The maximum Gasteiger partial charge on any atom is 0.313 e. The molecular weight excluding hydrogens is 534 g/mol. The van der Waals surface area contributed by atoms with Gasteiger partial charge in [0.05, 0.1) is 18.9 Å². The molecule has 0 saturated carbocycles. The molecule has 0 fully saturated rings. The van der Waals surface area contributed by atoms with Crippen molar-refractivity contribution >= 4 is 5.97 Å². The average Bonchev–Trinajstić information content (AvgIpc) is 3.55. The van der Waals surface area contributed by atoms with Crippen LogP contribution >= 0.6 is 0 Å². The molecule has 5 rings (SSSR count). The topological polar surface area (TPSA) is 107 Å². The number of ether oxygens (including phenoxy) is 4. The lowest BCUT2D eigenvalue weighted by Crippen LogP contribution is -2.42. The fourth-order valence-electron chi connectivity index (χ4n) is 6.20. The van der Waals surface area contributed by atoms with Gasteiger partial charge in [-0.05, 0) is 91.6 Å². The van der Waals surface area contributed by atoms with Crippen molar-refractivity contribution in [1.29, 1.82) is 0 Å². The van der Waals surface area contributed by atoms with Crippen LogP contribution in [0.1, 0.15) is 80.1 Å². The molecule has 3 aromatic rings. The van der Waals surface area contributed by atoms with Gasteiger partial charge in [0, 0.05) is 18.2 Å². The molecule has 2 N–H and O–H groups in total. The third-order valence-corrected chi connectivity index (χ3v) is 8.21. The lowest BCUT2D eigenvalue weighted by atomic mass is 9.74. The number of aromatic nitrogens is 1. The maximum atomic E-state index is 14.2. The summed E-state index contributed by atoms with van der Waals surface area (Å²) in [6.45, 7) is 7.78. The second-order valence-corrected chi connectivity index (χ2v) is 11.7. The lowest BCUT2D eigenvalue weighted by Gasteiger charge is -2.34. The van der Waals surface area contributed by atoms with Crippen molar-refractivity contribution < 1.29 is 34.0 Å². The van der Waals surface area contributed by atoms with Crippen LogP contribution in [-0.4, -0.2) is 47.8 Å². The van der Waals surface area contributed by atoms with Crippen molar-refractivity contribution in [1.82, 2.24) is 4.98 Å². The quantitative estimate of drug-likeness (QED) is 0.298. The van der Waals surface area contributed by atoms with Gasteiger partial charge >= 0.3 is 5.97 Å². The molecule has 4 atom stereocenters. The molecule has 8 nitrogen and oxygen atoms in total. The van der Waals surface area contributed by atoms with Crippen LogP contribution in [0.15, 0.2) is 48.5 Å². The summed E-state index contributed by atoms with van der Waals surface area (Å²) in [5.41, 5.74) is 2.38. The fraction of sp³-hybridized carbons (Fsp3) is 0.471. The van der Waals surface area contributed by atoms with E-state index in [4.69, 9.17) is 23.9 Å². The van der Waals surface area contributed by atoms with Crippen molar-refractivity contribution in [2.45, 2.75) is 71.0 Å². The van der Waals surface area contributed by atoms with Gasteiger partial charge in [-0.2, -0.15) is 0 Å². The number of nitrogens with zero attached hydrogens (tertiary/aromatic N) is 1. The minimum Gasteiger partial charge on any atom is -0.497 e. The van der Waals surface area contributed by atoms with Crippen LogP contribution in [0.2, 0.25) is 0 Å². The summed E-state index contributed by atoms with van der Waals surface area (Å²) >= 11 is 0. The molecule has 8 heteroatoms. The number of aliphatic hydroxyl groups excluding tert-OH is 1. The molecule has 224 valence electrons. The van der Waals surface area contributed by atoms with E-state index in [1.165, 1.54) is 0 Å². The molecule has 0 amide bonds. The SMILES string of the molecule is CCCCc1ccc2c(n1)C(O)(c1ccc(OC)cc1C[C@H](C)CO)[C@H](C(=O)OC(C)C)C2c1ccc2c(c1)OCO2. The van der Waals surface area contributed by atoms with Gasteiger partial charge in [-0.1, -0.05) is 38.5 Å². The van der Waals surface area contributed by atoms with Crippen LogP contribution in [0.5, 0.6) is 17.2 Å². The maximum absolute atomic E-state index is 14.2. The van der Waals surface area contributed by atoms with Gasteiger partial charge in [-0.3, -0.25) is 9.78 Å². The normalized spacial score (nSPS) is 21.3. The van der Waals surface area contributed by atoms with Gasteiger partial charge in [0.25, 0.3) is 0 Å².